The Kier molecular flexibility index (Phi) is 8.93. The van der Waals surface area contributed by atoms with Gasteiger partial charge in [0.1, 0.15) is 24.4 Å². The number of carbonyl (C=O) groups is 2. The molecule has 2 amide bonds. The molecule has 7 atom stereocenters. The maximum Gasteiger partial charge on any atom is 0.330 e. The number of carbonyl (C=O) groups excluding carboxylic acids is 2. The van der Waals surface area contributed by atoms with Crippen LogP contribution < -0.4 is 22.3 Å². The quantitative estimate of drug-likeness (QED) is 0.222. The van der Waals surface area contributed by atoms with Gasteiger partial charge in [0, 0.05) is 32.3 Å². The summed E-state index contributed by atoms with van der Waals surface area (Å²) >= 11 is 0. The zero-order chi connectivity index (χ0) is 28.1. The van der Waals surface area contributed by atoms with Gasteiger partial charge in [0.2, 0.25) is 12.2 Å². The summed E-state index contributed by atoms with van der Waals surface area (Å²) in [6, 6.07) is 10.6. The number of nitrogens with zero attached hydrogens (tertiary/aromatic N) is 1. The number of rotatable bonds is 10. The Morgan fingerprint density at radius 1 is 1.23 bits per heavy atom. The Hall–Kier alpha value is -3.82. The van der Waals surface area contributed by atoms with Gasteiger partial charge in [-0.3, -0.25) is 23.9 Å². The molecule has 14 nitrogen and oxygen atoms in total. The minimum Gasteiger partial charge on any atom is -0.457 e. The maximum absolute atomic E-state index is 12.6. The smallest absolute Gasteiger partial charge is 0.330 e. The van der Waals surface area contributed by atoms with Crippen molar-refractivity contribution in [3.05, 3.63) is 80.8 Å². The molecule has 210 valence electrons. The summed E-state index contributed by atoms with van der Waals surface area (Å²) in [6.45, 7) is 0.330. The zero-order valence-electron chi connectivity index (χ0n) is 21.0. The predicted octanol–water partition coefficient (Wildman–Crippen LogP) is -1.97. The summed E-state index contributed by atoms with van der Waals surface area (Å²) in [4.78, 5) is 50.8. The van der Waals surface area contributed by atoms with Gasteiger partial charge >= 0.3 is 5.69 Å². The van der Waals surface area contributed by atoms with Crippen molar-refractivity contribution in [2.45, 2.75) is 55.9 Å². The fraction of sp³-hybridized carbons (Fsp3) is 0.440. The second kappa shape index (κ2) is 12.4. The van der Waals surface area contributed by atoms with Crippen LogP contribution in [0.4, 0.5) is 0 Å². The number of nitrogens with two attached hydrogens (primary N) is 1. The number of hydrogen-bond donors (Lipinski definition) is 5. The minimum atomic E-state index is -1.63. The highest BCUT2D eigenvalue weighted by Gasteiger charge is 2.52. The van der Waals surface area contributed by atoms with Gasteiger partial charge in [0.25, 0.3) is 11.5 Å². The molecule has 14 heteroatoms. The number of nitrogens with one attached hydrogen (secondary N) is 2. The molecule has 4 rings (SSSR count). The number of aromatic amines is 1. The largest absolute Gasteiger partial charge is 0.457 e. The highest BCUT2D eigenvalue weighted by molar-refractivity contribution is 5.91. The Balaban J connectivity index is 1.44. The summed E-state index contributed by atoms with van der Waals surface area (Å²) in [5.41, 5.74) is 5.08. The summed E-state index contributed by atoms with van der Waals surface area (Å²) in [5, 5.41) is 24.0. The van der Waals surface area contributed by atoms with Crippen molar-refractivity contribution in [2.75, 3.05) is 13.7 Å². The van der Waals surface area contributed by atoms with E-state index in [2.05, 4.69) is 5.32 Å². The van der Waals surface area contributed by atoms with E-state index in [1.54, 1.807) is 0 Å². The Labute approximate surface area is 221 Å². The van der Waals surface area contributed by atoms with E-state index in [4.69, 9.17) is 24.7 Å². The molecule has 6 N–H and O–H groups in total. The summed E-state index contributed by atoms with van der Waals surface area (Å²) < 4.78 is 23.2. The molecule has 0 unspecified atom stereocenters. The van der Waals surface area contributed by atoms with Gasteiger partial charge in [-0.2, -0.15) is 0 Å². The molecular formula is C25H30N4O10. The maximum atomic E-state index is 12.6. The van der Waals surface area contributed by atoms with Gasteiger partial charge in [-0.25, -0.2) is 4.79 Å². The Bertz CT molecular complexity index is 1310. The van der Waals surface area contributed by atoms with Gasteiger partial charge in [-0.15, -0.1) is 0 Å². The van der Waals surface area contributed by atoms with Crippen LogP contribution >= 0.6 is 0 Å². The lowest BCUT2D eigenvalue weighted by Gasteiger charge is -2.33. The molecule has 2 aromatic rings. The first-order valence-corrected chi connectivity index (χ1v) is 12.2. The molecule has 0 saturated carbocycles. The first-order valence-electron chi connectivity index (χ1n) is 12.2. The topological polar surface area (TPSA) is 204 Å². The summed E-state index contributed by atoms with van der Waals surface area (Å²) in [7, 11) is 1.24. The lowest BCUT2D eigenvalue weighted by atomic mass is 10.0. The third-order valence-electron chi connectivity index (χ3n) is 6.37. The van der Waals surface area contributed by atoms with E-state index in [1.807, 2.05) is 35.3 Å². The molecule has 39 heavy (non-hydrogen) atoms. The van der Waals surface area contributed by atoms with Crippen molar-refractivity contribution in [2.24, 2.45) is 5.73 Å². The van der Waals surface area contributed by atoms with Gasteiger partial charge in [0.15, 0.2) is 18.1 Å². The molecule has 1 saturated heterocycles. The third-order valence-corrected chi connectivity index (χ3v) is 6.37. The first kappa shape index (κ1) is 28.2. The molecule has 0 aliphatic carbocycles. The highest BCUT2D eigenvalue weighted by atomic mass is 16.7. The lowest BCUT2D eigenvalue weighted by Crippen LogP contribution is -2.52. The summed E-state index contributed by atoms with van der Waals surface area (Å²) in [6.07, 6.45) is -6.70. The molecule has 1 aromatic carbocycles. The Morgan fingerprint density at radius 3 is 2.64 bits per heavy atom. The van der Waals surface area contributed by atoms with Crippen LogP contribution in [0, 0.1) is 0 Å². The highest BCUT2D eigenvalue weighted by Crippen LogP contribution is 2.34. The van der Waals surface area contributed by atoms with Crippen LogP contribution in [-0.2, 0) is 35.0 Å². The van der Waals surface area contributed by atoms with Crippen molar-refractivity contribution < 1.29 is 38.7 Å². The molecule has 0 bridgehead atoms. The van der Waals surface area contributed by atoms with Crippen molar-refractivity contribution in [1.29, 1.82) is 0 Å². The monoisotopic (exact) mass is 546 g/mol. The minimum absolute atomic E-state index is 0.0190. The molecule has 1 aromatic heterocycles. The number of methoxy groups -OCH3 is 1. The van der Waals surface area contributed by atoms with Gasteiger partial charge in [-0.05, 0) is 18.1 Å². The molecule has 0 spiro atoms. The second-order valence-electron chi connectivity index (χ2n) is 9.01. The van der Waals surface area contributed by atoms with Crippen LogP contribution in [0.5, 0.6) is 0 Å². The van der Waals surface area contributed by atoms with E-state index < -0.39 is 66.1 Å². The number of aliphatic hydroxyl groups is 2. The molecule has 2 aliphatic rings. The van der Waals surface area contributed by atoms with Crippen molar-refractivity contribution in [1.82, 2.24) is 14.9 Å². The van der Waals surface area contributed by atoms with E-state index in [-0.39, 0.29) is 12.2 Å². The molecule has 3 heterocycles. The standard InChI is InChI=1S/C25H30N4O10/c1-36-18-17(32)23(29-12-10-16(31)28-25(29)35)38-19(18)20(21(26)33)39-24-14(30)7-8-15(37-24)22(34)27-11-9-13-5-3-2-4-6-13/h2-6,8,10,12,14,17-20,23-24,30,32H,7,9,11H2,1H3,(H2,26,33)(H,27,34)(H,28,31,35)/t14-,17+,18-,19-,20+,23+,24+/m0/s1. The number of aromatic nitrogens is 2. The van der Waals surface area contributed by atoms with Crippen LogP contribution in [0.3, 0.4) is 0 Å². The molecule has 1 fully saturated rings. The first-order chi connectivity index (χ1) is 18.7. The van der Waals surface area contributed by atoms with Crippen molar-refractivity contribution in [3.8, 4) is 0 Å². The van der Waals surface area contributed by atoms with Crippen LogP contribution in [0.15, 0.2) is 64.0 Å². The third kappa shape index (κ3) is 6.43. The average molecular weight is 547 g/mol. The van der Waals surface area contributed by atoms with E-state index in [1.165, 1.54) is 13.2 Å². The molecule has 2 aliphatic heterocycles. The van der Waals surface area contributed by atoms with E-state index >= 15 is 0 Å². The number of ether oxygens (including phenoxy) is 4. The number of amides is 2. The van der Waals surface area contributed by atoms with E-state index in [9.17, 15) is 29.4 Å². The normalized spacial score (nSPS) is 27.3. The van der Waals surface area contributed by atoms with Gasteiger partial charge < -0.3 is 40.2 Å². The average Bonchev–Trinajstić information content (AvgIpc) is 3.23. The van der Waals surface area contributed by atoms with Crippen LogP contribution in [-0.4, -0.2) is 82.0 Å². The molecule has 0 radical (unpaired) electrons. The SMILES string of the molecule is CO[C@H]1[C@@H](O)[C@H](n2ccc(=O)[nH]c2=O)O[C@@H]1[C@@H](O[C@H]1OC(C(=O)NCCc2ccccc2)=CC[C@@H]1O)C(N)=O. The number of primary amides is 1. The Morgan fingerprint density at radius 2 is 1.97 bits per heavy atom. The fourth-order valence-corrected chi connectivity index (χ4v) is 4.41. The van der Waals surface area contributed by atoms with Crippen molar-refractivity contribution in [3.63, 3.8) is 0 Å². The number of benzene rings is 1. The van der Waals surface area contributed by atoms with Crippen LogP contribution in [0.1, 0.15) is 18.2 Å². The number of H-pyrrole nitrogens is 1. The van der Waals surface area contributed by atoms with E-state index in [0.29, 0.717) is 13.0 Å². The number of hydrogen-bond acceptors (Lipinski definition) is 10. The van der Waals surface area contributed by atoms with Crippen molar-refractivity contribution >= 4 is 11.8 Å². The molecular weight excluding hydrogens is 516 g/mol. The van der Waals surface area contributed by atoms with Gasteiger partial charge in [0.05, 0.1) is 0 Å². The van der Waals surface area contributed by atoms with Crippen LogP contribution in [0.2, 0.25) is 0 Å². The lowest BCUT2D eigenvalue weighted by molar-refractivity contribution is -0.228. The number of aliphatic hydroxyl groups excluding tert-OH is 2. The summed E-state index contributed by atoms with van der Waals surface area (Å²) in [5.74, 6) is -1.69. The van der Waals surface area contributed by atoms with Crippen LogP contribution in [0.25, 0.3) is 0 Å². The second-order valence-corrected chi connectivity index (χ2v) is 9.01. The fourth-order valence-electron chi connectivity index (χ4n) is 4.41. The predicted molar refractivity (Wildman–Crippen MR) is 133 cm³/mol. The van der Waals surface area contributed by atoms with Gasteiger partial charge in [-0.1, -0.05) is 30.3 Å². The zero-order valence-corrected chi connectivity index (χ0v) is 21.0. The van der Waals surface area contributed by atoms with E-state index in [0.717, 1.165) is 22.4 Å².